The van der Waals surface area contributed by atoms with Gasteiger partial charge in [0.25, 0.3) is 0 Å². The predicted molar refractivity (Wildman–Crippen MR) is 78.3 cm³/mol. The molecule has 7 nitrogen and oxygen atoms in total. The number of hydrogen-bond acceptors (Lipinski definition) is 4. The summed E-state index contributed by atoms with van der Waals surface area (Å²) in [6, 6.07) is 0.961. The molecule has 1 unspecified atom stereocenters. The molecule has 1 fully saturated rings. The van der Waals surface area contributed by atoms with Crippen LogP contribution in [0.15, 0.2) is 12.3 Å². The number of aromatic nitrogens is 1. The Morgan fingerprint density at radius 3 is 2.95 bits per heavy atom. The second-order valence-corrected chi connectivity index (χ2v) is 6.18. The van der Waals surface area contributed by atoms with Gasteiger partial charge in [-0.3, -0.25) is 8.51 Å². The predicted octanol–water partition coefficient (Wildman–Crippen LogP) is 2.13. The van der Waals surface area contributed by atoms with Crippen molar-refractivity contribution in [2.24, 2.45) is 0 Å². The summed E-state index contributed by atoms with van der Waals surface area (Å²) < 4.78 is 23.9. The molecule has 1 aliphatic heterocycles. The van der Waals surface area contributed by atoms with Crippen molar-refractivity contribution in [2.75, 3.05) is 17.4 Å². The van der Waals surface area contributed by atoms with E-state index in [-0.39, 0.29) is 22.4 Å². The zero-order chi connectivity index (χ0) is 15.6. The Morgan fingerprint density at radius 1 is 1.62 bits per heavy atom. The van der Waals surface area contributed by atoms with Gasteiger partial charge in [0, 0.05) is 24.0 Å². The van der Waals surface area contributed by atoms with Crippen molar-refractivity contribution < 1.29 is 18.7 Å². The lowest BCUT2D eigenvalue weighted by molar-refractivity contribution is 0.141. The van der Waals surface area contributed by atoms with Crippen molar-refractivity contribution in [2.45, 2.75) is 18.9 Å². The van der Waals surface area contributed by atoms with E-state index in [1.54, 1.807) is 0 Å². The van der Waals surface area contributed by atoms with Crippen molar-refractivity contribution in [3.63, 3.8) is 0 Å². The number of anilines is 1. The lowest BCUT2D eigenvalue weighted by Gasteiger charge is -2.32. The highest BCUT2D eigenvalue weighted by Crippen LogP contribution is 2.29. The minimum absolute atomic E-state index is 0.0107. The molecule has 0 saturated carbocycles. The first-order valence-corrected chi connectivity index (χ1v) is 7.86. The van der Waals surface area contributed by atoms with Crippen LogP contribution < -0.4 is 4.31 Å². The van der Waals surface area contributed by atoms with Crippen molar-refractivity contribution in [1.29, 1.82) is 0 Å². The summed E-state index contributed by atoms with van der Waals surface area (Å²) in [5, 5.41) is 9.33. The van der Waals surface area contributed by atoms with E-state index in [0.29, 0.717) is 19.4 Å². The van der Waals surface area contributed by atoms with Crippen LogP contribution >= 0.6 is 23.2 Å². The Hall–Kier alpha value is -1.09. The Bertz CT molecular complexity index is 574. The molecule has 1 aliphatic rings. The number of amides is 1. The van der Waals surface area contributed by atoms with Gasteiger partial charge in [0.15, 0.2) is 5.15 Å². The van der Waals surface area contributed by atoms with Gasteiger partial charge in [-0.1, -0.05) is 23.2 Å². The molecular formula is C11H12Cl2N3O4S-. The third-order valence-corrected chi connectivity index (χ3v) is 4.44. The second kappa shape index (κ2) is 6.78. The maximum absolute atomic E-state index is 11.5. The van der Waals surface area contributed by atoms with Crippen molar-refractivity contribution in [3.8, 4) is 0 Å². The Kier molecular flexibility index (Phi) is 5.26. The van der Waals surface area contributed by atoms with E-state index in [2.05, 4.69) is 4.98 Å². The minimum Gasteiger partial charge on any atom is -0.755 e. The summed E-state index contributed by atoms with van der Waals surface area (Å²) in [4.78, 5) is 16.1. The Balaban J connectivity index is 2.26. The molecule has 0 radical (unpaired) electrons. The number of carbonyl (C=O) groups is 1. The zero-order valence-electron chi connectivity index (χ0n) is 10.7. The summed E-state index contributed by atoms with van der Waals surface area (Å²) >= 11 is 9.10. The lowest BCUT2D eigenvalue weighted by Crippen LogP contribution is -2.43. The fraction of sp³-hybridized carbons (Fsp3) is 0.455. The quantitative estimate of drug-likeness (QED) is 0.661. The van der Waals surface area contributed by atoms with Crippen LogP contribution in [-0.2, 0) is 11.3 Å². The summed E-state index contributed by atoms with van der Waals surface area (Å²) in [6.45, 7) is 0.366. The van der Waals surface area contributed by atoms with Gasteiger partial charge in [-0.2, -0.15) is 0 Å². The third kappa shape index (κ3) is 3.76. The molecule has 0 aliphatic carbocycles. The molecule has 2 atom stereocenters. The fourth-order valence-corrected chi connectivity index (χ4v) is 3.30. The molecule has 1 aromatic rings. The van der Waals surface area contributed by atoms with Gasteiger partial charge in [0.1, 0.15) is 0 Å². The van der Waals surface area contributed by atoms with Crippen LogP contribution in [0.1, 0.15) is 12.8 Å². The van der Waals surface area contributed by atoms with Crippen LogP contribution in [0.25, 0.3) is 0 Å². The van der Waals surface area contributed by atoms with Gasteiger partial charge in [-0.05, 0) is 18.9 Å². The zero-order valence-corrected chi connectivity index (χ0v) is 13.1. The summed E-state index contributed by atoms with van der Waals surface area (Å²) in [6.07, 6.45) is 1.52. The molecule has 0 aromatic carbocycles. The van der Waals surface area contributed by atoms with Crippen LogP contribution in [0, 0.1) is 0 Å². The second-order valence-electron chi connectivity index (χ2n) is 4.51. The molecule has 2 rings (SSSR count). The first-order valence-electron chi connectivity index (χ1n) is 6.07. The minimum atomic E-state index is -2.62. The van der Waals surface area contributed by atoms with Crippen LogP contribution in [0.2, 0.25) is 10.2 Å². The molecule has 116 valence electrons. The topological polar surface area (TPSA) is 96.8 Å². The first-order chi connectivity index (χ1) is 9.90. The lowest BCUT2D eigenvalue weighted by atomic mass is 10.2. The van der Waals surface area contributed by atoms with Gasteiger partial charge in [0.2, 0.25) is 0 Å². The number of likely N-dealkylation sites (tertiary alicyclic amines) is 1. The molecule has 1 amide bonds. The van der Waals surface area contributed by atoms with Crippen molar-refractivity contribution >= 4 is 46.2 Å². The number of halogens is 2. The number of hydrogen-bond donors (Lipinski definition) is 1. The molecule has 10 heteroatoms. The normalized spacial score (nSPS) is 19.6. The first kappa shape index (κ1) is 16.3. The summed E-state index contributed by atoms with van der Waals surface area (Å²) in [5.41, 5.74) is 0.134. The van der Waals surface area contributed by atoms with E-state index in [1.807, 2.05) is 0 Å². The maximum atomic E-state index is 11.5. The summed E-state index contributed by atoms with van der Waals surface area (Å²) in [5.74, 6) is 0. The van der Waals surface area contributed by atoms with Gasteiger partial charge in [-0.25, -0.2) is 9.78 Å². The van der Waals surface area contributed by atoms with Crippen LogP contribution in [0.4, 0.5) is 10.5 Å². The van der Waals surface area contributed by atoms with Crippen LogP contribution in [0.3, 0.4) is 0 Å². The number of pyridine rings is 1. The third-order valence-electron chi connectivity index (χ3n) is 3.24. The SMILES string of the molecule is O=C(O)N1CCC[C@@H]1CN(c1cc(Cl)cnc1Cl)S(=O)[O-]. The highest BCUT2D eigenvalue weighted by atomic mass is 35.5. The number of nitrogens with zero attached hydrogens (tertiary/aromatic N) is 3. The van der Waals surface area contributed by atoms with E-state index in [1.165, 1.54) is 17.2 Å². The van der Waals surface area contributed by atoms with Crippen LogP contribution in [-0.4, -0.2) is 49.0 Å². The average Bonchev–Trinajstić information content (AvgIpc) is 2.87. The van der Waals surface area contributed by atoms with E-state index < -0.39 is 23.4 Å². The standard InChI is InChI=1S/C11H13Cl2N3O4S/c12-7-4-9(10(13)14-5-7)16(21(19)20)6-8-2-1-3-15(8)11(17)18/h4-5,8H,1-3,6H2,(H,17,18)(H,19,20)/p-1/t8-/m1/s1. The van der Waals surface area contributed by atoms with Gasteiger partial charge < -0.3 is 14.6 Å². The van der Waals surface area contributed by atoms with Gasteiger partial charge in [-0.15, -0.1) is 0 Å². The molecule has 21 heavy (non-hydrogen) atoms. The Morgan fingerprint density at radius 2 is 2.33 bits per heavy atom. The smallest absolute Gasteiger partial charge is 0.407 e. The van der Waals surface area contributed by atoms with E-state index in [0.717, 1.165) is 4.31 Å². The molecule has 1 N–H and O–H groups in total. The molecular weight excluding hydrogens is 341 g/mol. The molecule has 0 spiro atoms. The van der Waals surface area contributed by atoms with Crippen LogP contribution in [0.5, 0.6) is 0 Å². The fourth-order valence-electron chi connectivity index (χ4n) is 2.30. The van der Waals surface area contributed by atoms with E-state index in [9.17, 15) is 13.6 Å². The van der Waals surface area contributed by atoms with E-state index in [4.69, 9.17) is 28.3 Å². The maximum Gasteiger partial charge on any atom is 0.407 e. The Labute approximate surface area is 133 Å². The molecule has 1 saturated heterocycles. The molecule has 1 aromatic heterocycles. The van der Waals surface area contributed by atoms with Crippen molar-refractivity contribution in [3.05, 3.63) is 22.4 Å². The number of rotatable bonds is 4. The highest BCUT2D eigenvalue weighted by Gasteiger charge is 2.31. The highest BCUT2D eigenvalue weighted by molar-refractivity contribution is 7.80. The summed E-state index contributed by atoms with van der Waals surface area (Å²) in [7, 11) is 0. The van der Waals surface area contributed by atoms with Gasteiger partial charge >= 0.3 is 6.09 Å². The molecule has 2 heterocycles. The van der Waals surface area contributed by atoms with Crippen molar-refractivity contribution in [1.82, 2.24) is 9.88 Å². The molecule has 0 bridgehead atoms. The monoisotopic (exact) mass is 352 g/mol. The number of carboxylic acid groups (broad SMARTS) is 1. The largest absolute Gasteiger partial charge is 0.755 e. The van der Waals surface area contributed by atoms with Gasteiger partial charge in [0.05, 0.1) is 23.3 Å². The average molecular weight is 353 g/mol. The van der Waals surface area contributed by atoms with E-state index >= 15 is 0 Å².